The summed E-state index contributed by atoms with van der Waals surface area (Å²) in [5.74, 6) is 0.564. The van der Waals surface area contributed by atoms with E-state index in [0.717, 1.165) is 32.8 Å². The van der Waals surface area contributed by atoms with E-state index in [1.165, 1.54) is 0 Å². The van der Waals surface area contributed by atoms with Crippen LogP contribution in [0.5, 0.6) is 0 Å². The molecule has 1 amide bonds. The number of carbonyl (C=O) groups excluding carboxylic acids is 1. The second-order valence-corrected chi connectivity index (χ2v) is 7.05. The number of imidazole rings is 1. The third-order valence-corrected chi connectivity index (χ3v) is 4.72. The molecular formula is C21H17BrN3O+. The summed E-state index contributed by atoms with van der Waals surface area (Å²) < 4.78 is 2.83. The van der Waals surface area contributed by atoms with Crippen molar-refractivity contribution in [3.8, 4) is 11.3 Å². The fourth-order valence-corrected chi connectivity index (χ4v) is 3.35. The van der Waals surface area contributed by atoms with Gasteiger partial charge in [-0.25, -0.2) is 9.72 Å². The molecule has 0 aliphatic heterocycles. The Morgan fingerprint density at radius 2 is 1.85 bits per heavy atom. The normalized spacial score (nSPS) is 10.8. The summed E-state index contributed by atoms with van der Waals surface area (Å²) >= 11 is 3.42. The largest absolute Gasteiger partial charge is 0.311 e. The Bertz CT molecular complexity index is 1100. The van der Waals surface area contributed by atoms with Crippen LogP contribution in [0.15, 0.2) is 77.4 Å². The number of halogens is 1. The number of nitrogens with one attached hydrogen (secondary N) is 2. The average molecular weight is 407 g/mol. The number of hydrogen-bond acceptors (Lipinski definition) is 1. The summed E-state index contributed by atoms with van der Waals surface area (Å²) in [6.45, 7) is 2.04. The number of aromatic amines is 1. The van der Waals surface area contributed by atoms with E-state index in [2.05, 4.69) is 32.3 Å². The van der Waals surface area contributed by atoms with Gasteiger partial charge in [0.1, 0.15) is 0 Å². The highest BCUT2D eigenvalue weighted by molar-refractivity contribution is 9.10. The van der Waals surface area contributed by atoms with Crippen LogP contribution in [0.3, 0.4) is 0 Å². The van der Waals surface area contributed by atoms with Gasteiger partial charge in [-0.05, 0) is 36.8 Å². The molecule has 0 saturated heterocycles. The van der Waals surface area contributed by atoms with Crippen molar-refractivity contribution in [2.45, 2.75) is 6.92 Å². The summed E-state index contributed by atoms with van der Waals surface area (Å²) in [6.07, 6.45) is 1.96. The maximum Gasteiger partial charge on any atom is 0.311 e. The lowest BCUT2D eigenvalue weighted by Gasteiger charge is -2.03. The van der Waals surface area contributed by atoms with Gasteiger partial charge in [0, 0.05) is 16.1 Å². The molecule has 0 saturated carbocycles. The number of pyridine rings is 1. The predicted octanol–water partition coefficient (Wildman–Crippen LogP) is 4.74. The van der Waals surface area contributed by atoms with E-state index in [1.807, 2.05) is 66.1 Å². The Morgan fingerprint density at radius 3 is 2.62 bits per heavy atom. The van der Waals surface area contributed by atoms with Crippen LogP contribution >= 0.6 is 15.9 Å². The van der Waals surface area contributed by atoms with Gasteiger partial charge in [-0.1, -0.05) is 52.3 Å². The molecule has 0 spiro atoms. The van der Waals surface area contributed by atoms with Crippen LogP contribution in [-0.4, -0.2) is 10.9 Å². The molecule has 0 bridgehead atoms. The molecular weight excluding hydrogens is 390 g/mol. The first-order valence-electron chi connectivity index (χ1n) is 8.28. The molecule has 2 aromatic carbocycles. The van der Waals surface area contributed by atoms with Gasteiger partial charge in [-0.2, -0.15) is 0 Å². The van der Waals surface area contributed by atoms with E-state index in [0.29, 0.717) is 5.56 Å². The monoisotopic (exact) mass is 406 g/mol. The number of anilines is 1. The van der Waals surface area contributed by atoms with E-state index >= 15 is 0 Å². The van der Waals surface area contributed by atoms with E-state index in [-0.39, 0.29) is 5.91 Å². The first-order valence-corrected chi connectivity index (χ1v) is 9.07. The second kappa shape index (κ2) is 6.77. The summed E-state index contributed by atoms with van der Waals surface area (Å²) in [4.78, 5) is 16.2. The van der Waals surface area contributed by atoms with Crippen molar-refractivity contribution >= 4 is 33.3 Å². The van der Waals surface area contributed by atoms with Gasteiger partial charge in [0.05, 0.1) is 11.8 Å². The highest BCUT2D eigenvalue weighted by Gasteiger charge is 2.23. The zero-order chi connectivity index (χ0) is 18.1. The van der Waals surface area contributed by atoms with Crippen LogP contribution in [0.2, 0.25) is 0 Å². The van der Waals surface area contributed by atoms with Gasteiger partial charge in [0.15, 0.2) is 5.69 Å². The van der Waals surface area contributed by atoms with E-state index in [9.17, 15) is 4.79 Å². The van der Waals surface area contributed by atoms with Gasteiger partial charge in [0.2, 0.25) is 5.65 Å². The maximum atomic E-state index is 12.8. The quantitative estimate of drug-likeness (QED) is 0.474. The molecule has 0 atom stereocenters. The Kier molecular flexibility index (Phi) is 4.31. The molecule has 5 heteroatoms. The highest BCUT2D eigenvalue weighted by Crippen LogP contribution is 2.25. The van der Waals surface area contributed by atoms with Crippen molar-refractivity contribution in [2.24, 2.45) is 0 Å². The van der Waals surface area contributed by atoms with Crippen LogP contribution < -0.4 is 9.72 Å². The second-order valence-electron chi connectivity index (χ2n) is 6.14. The molecule has 0 unspecified atom stereocenters. The van der Waals surface area contributed by atoms with Gasteiger partial charge in [-0.15, -0.1) is 0 Å². The number of benzene rings is 2. The number of hydrogen-bond donors (Lipinski definition) is 2. The number of aryl methyl sites for hydroxylation is 1. The predicted molar refractivity (Wildman–Crippen MR) is 106 cm³/mol. The smallest absolute Gasteiger partial charge is 0.267 e. The molecule has 2 aromatic heterocycles. The minimum atomic E-state index is -0.155. The lowest BCUT2D eigenvalue weighted by Crippen LogP contribution is -2.27. The number of nitrogens with zero attached hydrogens (tertiary/aromatic N) is 1. The Labute approximate surface area is 159 Å². The maximum absolute atomic E-state index is 12.8. The molecule has 0 aliphatic rings. The molecule has 4 rings (SSSR count). The third-order valence-electron chi connectivity index (χ3n) is 4.22. The number of fused-ring (bicyclic) bond motifs is 1. The fourth-order valence-electron chi connectivity index (χ4n) is 2.95. The average Bonchev–Trinajstić information content (AvgIpc) is 3.00. The highest BCUT2D eigenvalue weighted by atomic mass is 79.9. The van der Waals surface area contributed by atoms with Crippen LogP contribution in [0.4, 0.5) is 5.82 Å². The molecule has 0 radical (unpaired) electrons. The Morgan fingerprint density at radius 1 is 1.04 bits per heavy atom. The topological polar surface area (TPSA) is 49.0 Å². The zero-order valence-electron chi connectivity index (χ0n) is 14.2. The van der Waals surface area contributed by atoms with Crippen molar-refractivity contribution in [3.05, 3.63) is 88.5 Å². The van der Waals surface area contributed by atoms with Crippen LogP contribution in [0, 0.1) is 6.92 Å². The zero-order valence-corrected chi connectivity index (χ0v) is 15.7. The Hall–Kier alpha value is -2.92. The van der Waals surface area contributed by atoms with E-state index in [1.54, 1.807) is 12.1 Å². The number of aromatic nitrogens is 2. The summed E-state index contributed by atoms with van der Waals surface area (Å²) in [5, 5.41) is 3.07. The van der Waals surface area contributed by atoms with Gasteiger partial charge >= 0.3 is 5.91 Å². The lowest BCUT2D eigenvalue weighted by molar-refractivity contribution is -0.493. The molecule has 2 heterocycles. The first-order chi connectivity index (χ1) is 12.6. The fraction of sp³-hybridized carbons (Fsp3) is 0.0476. The minimum Gasteiger partial charge on any atom is -0.267 e. The molecule has 128 valence electrons. The van der Waals surface area contributed by atoms with Crippen LogP contribution in [0.1, 0.15) is 15.9 Å². The lowest BCUT2D eigenvalue weighted by atomic mass is 10.1. The summed E-state index contributed by atoms with van der Waals surface area (Å²) in [7, 11) is 0. The van der Waals surface area contributed by atoms with E-state index in [4.69, 9.17) is 0 Å². The van der Waals surface area contributed by atoms with Crippen molar-refractivity contribution < 1.29 is 9.20 Å². The van der Waals surface area contributed by atoms with Gasteiger partial charge < -0.3 is 0 Å². The van der Waals surface area contributed by atoms with Crippen LogP contribution in [0.25, 0.3) is 16.9 Å². The molecule has 26 heavy (non-hydrogen) atoms. The number of amides is 1. The van der Waals surface area contributed by atoms with Gasteiger partial charge in [-0.3, -0.25) is 9.78 Å². The SMILES string of the molecule is Cc1cc[n+]2c(NC(=O)c3cccc(Br)c3)c(-c3ccccc3)[nH]c2c1. The minimum absolute atomic E-state index is 0.155. The number of rotatable bonds is 3. The third kappa shape index (κ3) is 3.13. The number of carbonyl (C=O) groups is 1. The van der Waals surface area contributed by atoms with Crippen molar-refractivity contribution in [2.75, 3.05) is 5.32 Å². The molecule has 4 nitrogen and oxygen atoms in total. The molecule has 0 aliphatic carbocycles. The van der Waals surface area contributed by atoms with Crippen molar-refractivity contribution in [3.63, 3.8) is 0 Å². The van der Waals surface area contributed by atoms with Crippen molar-refractivity contribution in [1.82, 2.24) is 4.98 Å². The van der Waals surface area contributed by atoms with Crippen molar-refractivity contribution in [1.29, 1.82) is 0 Å². The standard InChI is InChI=1S/C21H16BrN3O/c1-14-10-11-25-18(12-14)23-19(15-6-3-2-4-7-15)20(25)24-21(26)16-8-5-9-17(22)13-16/h2-13H,1H3,(H,24,26)/p+1. The van der Waals surface area contributed by atoms with Crippen LogP contribution in [-0.2, 0) is 0 Å². The Balaban J connectivity index is 1.83. The summed E-state index contributed by atoms with van der Waals surface area (Å²) in [6, 6.07) is 21.4. The number of H-pyrrole nitrogens is 1. The summed E-state index contributed by atoms with van der Waals surface area (Å²) in [5.41, 5.74) is 4.56. The molecule has 0 fully saturated rings. The molecule has 4 aromatic rings. The van der Waals surface area contributed by atoms with E-state index < -0.39 is 0 Å². The molecule has 2 N–H and O–H groups in total. The van der Waals surface area contributed by atoms with Gasteiger partial charge in [0.25, 0.3) is 5.82 Å². The first kappa shape index (κ1) is 16.5.